The van der Waals surface area contributed by atoms with Crippen LogP contribution in [0.5, 0.6) is 0 Å². The molecule has 0 atom stereocenters. The van der Waals surface area contributed by atoms with Crippen LogP contribution in [-0.4, -0.2) is 39.8 Å². The Morgan fingerprint density at radius 3 is 2.12 bits per heavy atom. The Labute approximate surface area is 151 Å². The summed E-state index contributed by atoms with van der Waals surface area (Å²) in [6.45, 7) is 1.97. The van der Waals surface area contributed by atoms with Crippen LogP contribution in [0.1, 0.15) is 15.9 Å². The minimum atomic E-state index is -3.64. The van der Waals surface area contributed by atoms with Crippen LogP contribution in [0.15, 0.2) is 51.8 Å². The monoisotopic (exact) mass is 410 g/mol. The molecule has 0 aliphatic heterocycles. The smallest absolute Gasteiger partial charge is 0.258 e. The fourth-order valence-electron chi connectivity index (χ4n) is 2.11. The number of rotatable bonds is 4. The van der Waals surface area contributed by atoms with Crippen LogP contribution < -0.4 is 4.90 Å². The van der Waals surface area contributed by atoms with Gasteiger partial charge in [-0.2, -0.15) is 0 Å². The molecule has 2 aromatic rings. The first-order valence-corrected chi connectivity index (χ1v) is 9.44. The Bertz CT molecular complexity index is 862. The first-order chi connectivity index (χ1) is 11.1. The van der Waals surface area contributed by atoms with E-state index in [-0.39, 0.29) is 10.8 Å². The number of amides is 1. The second-order valence-corrected chi connectivity index (χ2v) is 8.61. The lowest BCUT2D eigenvalue weighted by molar-refractivity contribution is 0.0993. The predicted molar refractivity (Wildman–Crippen MR) is 98.9 cm³/mol. The number of carbonyl (C=O) groups excluding carboxylic acids is 1. The third-order valence-electron chi connectivity index (χ3n) is 3.66. The van der Waals surface area contributed by atoms with E-state index in [0.717, 1.165) is 15.6 Å². The first-order valence-electron chi connectivity index (χ1n) is 7.21. The van der Waals surface area contributed by atoms with Gasteiger partial charge in [0, 0.05) is 36.9 Å². The van der Waals surface area contributed by atoms with Gasteiger partial charge in [0.25, 0.3) is 5.91 Å². The van der Waals surface area contributed by atoms with Gasteiger partial charge < -0.3 is 4.90 Å². The lowest BCUT2D eigenvalue weighted by Crippen LogP contribution is -2.27. The van der Waals surface area contributed by atoms with E-state index in [1.54, 1.807) is 19.2 Å². The van der Waals surface area contributed by atoms with Crippen molar-refractivity contribution in [2.24, 2.45) is 0 Å². The molecule has 7 heteroatoms. The predicted octanol–water partition coefficient (Wildman–Crippen LogP) is 3.28. The van der Waals surface area contributed by atoms with Crippen LogP contribution in [0.25, 0.3) is 0 Å². The van der Waals surface area contributed by atoms with E-state index >= 15 is 0 Å². The van der Waals surface area contributed by atoms with Gasteiger partial charge in [-0.15, -0.1) is 0 Å². The number of hydrogen-bond acceptors (Lipinski definition) is 3. The number of hydrogen-bond donors (Lipinski definition) is 0. The molecule has 5 nitrogen and oxygen atoms in total. The maximum Gasteiger partial charge on any atom is 0.258 e. The highest BCUT2D eigenvalue weighted by Crippen LogP contribution is 2.26. The molecule has 0 bridgehead atoms. The van der Waals surface area contributed by atoms with Crippen molar-refractivity contribution >= 4 is 37.5 Å². The topological polar surface area (TPSA) is 57.7 Å². The standard InChI is InChI=1S/C17H19BrN2O3S/c1-12-5-8-14(9-6-12)20(4)17(21)13-7-10-15(18)16(11-13)24(22,23)19(2)3/h5-11H,1-4H3. The van der Waals surface area contributed by atoms with Crippen molar-refractivity contribution in [1.29, 1.82) is 0 Å². The van der Waals surface area contributed by atoms with Gasteiger partial charge >= 0.3 is 0 Å². The maximum absolute atomic E-state index is 12.7. The summed E-state index contributed by atoms with van der Waals surface area (Å²) in [6, 6.07) is 12.1. The molecule has 24 heavy (non-hydrogen) atoms. The van der Waals surface area contributed by atoms with Crippen molar-refractivity contribution in [3.05, 3.63) is 58.1 Å². The zero-order valence-corrected chi connectivity index (χ0v) is 16.3. The summed E-state index contributed by atoms with van der Waals surface area (Å²) < 4.78 is 26.3. The highest BCUT2D eigenvalue weighted by molar-refractivity contribution is 9.10. The third kappa shape index (κ3) is 3.68. The average molecular weight is 411 g/mol. The van der Waals surface area contributed by atoms with Gasteiger partial charge in [0.05, 0.1) is 4.90 Å². The molecule has 2 rings (SSSR count). The number of anilines is 1. The molecule has 0 radical (unpaired) electrons. The number of aryl methyl sites for hydroxylation is 1. The molecule has 2 aromatic carbocycles. The lowest BCUT2D eigenvalue weighted by atomic mass is 10.1. The van der Waals surface area contributed by atoms with Gasteiger partial charge in [0.1, 0.15) is 0 Å². The molecule has 0 aliphatic carbocycles. The molecule has 0 saturated heterocycles. The third-order valence-corrected chi connectivity index (χ3v) is 6.47. The van der Waals surface area contributed by atoms with Gasteiger partial charge in [-0.1, -0.05) is 17.7 Å². The molecule has 128 valence electrons. The molecular formula is C17H19BrN2O3S. The summed E-state index contributed by atoms with van der Waals surface area (Å²) in [5.74, 6) is -0.276. The number of halogens is 1. The summed E-state index contributed by atoms with van der Waals surface area (Å²) >= 11 is 3.24. The molecular weight excluding hydrogens is 392 g/mol. The molecule has 0 fully saturated rings. The van der Waals surface area contributed by atoms with Crippen molar-refractivity contribution < 1.29 is 13.2 Å². The van der Waals surface area contributed by atoms with Crippen LogP contribution in [0.2, 0.25) is 0 Å². The van der Waals surface area contributed by atoms with Crippen LogP contribution in [0.4, 0.5) is 5.69 Å². The summed E-state index contributed by atoms with van der Waals surface area (Å²) in [7, 11) is 0.924. The van der Waals surface area contributed by atoms with Crippen LogP contribution >= 0.6 is 15.9 Å². The first kappa shape index (κ1) is 18.6. The van der Waals surface area contributed by atoms with E-state index < -0.39 is 10.0 Å². The molecule has 1 amide bonds. The Morgan fingerprint density at radius 1 is 1.00 bits per heavy atom. The molecule has 0 unspecified atom stereocenters. The Kier molecular flexibility index (Phi) is 5.47. The van der Waals surface area contributed by atoms with Crippen LogP contribution in [0, 0.1) is 6.92 Å². The molecule has 0 spiro atoms. The molecule has 0 aromatic heterocycles. The van der Waals surface area contributed by atoms with Gasteiger partial charge in [-0.05, 0) is 53.2 Å². The fraction of sp³-hybridized carbons (Fsp3) is 0.235. The van der Waals surface area contributed by atoms with Gasteiger partial charge in [0.15, 0.2) is 0 Å². The van der Waals surface area contributed by atoms with Crippen LogP contribution in [-0.2, 0) is 10.0 Å². The number of carbonyl (C=O) groups is 1. The second-order valence-electron chi connectivity index (χ2n) is 5.63. The molecule has 0 heterocycles. The second kappa shape index (κ2) is 7.04. The van der Waals surface area contributed by atoms with Gasteiger partial charge in [0.2, 0.25) is 10.0 Å². The van der Waals surface area contributed by atoms with Crippen molar-refractivity contribution in [2.45, 2.75) is 11.8 Å². The van der Waals surface area contributed by atoms with E-state index in [2.05, 4.69) is 15.9 Å². The SMILES string of the molecule is Cc1ccc(N(C)C(=O)c2ccc(Br)c(S(=O)(=O)N(C)C)c2)cc1. The van der Waals surface area contributed by atoms with E-state index in [1.165, 1.54) is 25.1 Å². The van der Waals surface area contributed by atoms with E-state index in [4.69, 9.17) is 0 Å². The average Bonchev–Trinajstić information content (AvgIpc) is 2.54. The van der Waals surface area contributed by atoms with E-state index in [0.29, 0.717) is 10.0 Å². The summed E-state index contributed by atoms with van der Waals surface area (Å²) in [5.41, 5.74) is 2.15. The van der Waals surface area contributed by atoms with Gasteiger partial charge in [-0.3, -0.25) is 4.79 Å². The summed E-state index contributed by atoms with van der Waals surface area (Å²) in [4.78, 5) is 14.3. The highest BCUT2D eigenvalue weighted by atomic mass is 79.9. The molecule has 0 aliphatic rings. The van der Waals surface area contributed by atoms with Crippen LogP contribution in [0.3, 0.4) is 0 Å². The zero-order chi connectivity index (χ0) is 18.1. The normalized spacial score (nSPS) is 11.6. The molecule has 0 N–H and O–H groups in total. The Morgan fingerprint density at radius 2 is 1.58 bits per heavy atom. The fourth-order valence-corrected chi connectivity index (χ4v) is 3.95. The maximum atomic E-state index is 12.7. The minimum Gasteiger partial charge on any atom is -0.311 e. The quantitative estimate of drug-likeness (QED) is 0.776. The zero-order valence-electron chi connectivity index (χ0n) is 13.9. The van der Waals surface area contributed by atoms with Crippen molar-refractivity contribution in [3.63, 3.8) is 0 Å². The van der Waals surface area contributed by atoms with Crippen molar-refractivity contribution in [1.82, 2.24) is 4.31 Å². The lowest BCUT2D eigenvalue weighted by Gasteiger charge is -2.19. The number of benzene rings is 2. The van der Waals surface area contributed by atoms with Gasteiger partial charge in [-0.25, -0.2) is 12.7 Å². The number of nitrogens with zero attached hydrogens (tertiary/aromatic N) is 2. The van der Waals surface area contributed by atoms with E-state index in [9.17, 15) is 13.2 Å². The van der Waals surface area contributed by atoms with E-state index in [1.807, 2.05) is 31.2 Å². The number of sulfonamides is 1. The molecule has 0 saturated carbocycles. The minimum absolute atomic E-state index is 0.0654. The van der Waals surface area contributed by atoms with Crippen molar-refractivity contribution in [3.8, 4) is 0 Å². The summed E-state index contributed by atoms with van der Waals surface area (Å²) in [5, 5.41) is 0. The van der Waals surface area contributed by atoms with Crippen molar-refractivity contribution in [2.75, 3.05) is 26.0 Å². The largest absolute Gasteiger partial charge is 0.311 e. The highest BCUT2D eigenvalue weighted by Gasteiger charge is 2.23. The Balaban J connectivity index is 2.42. The Hall–Kier alpha value is -1.70. The summed E-state index contributed by atoms with van der Waals surface area (Å²) in [6.07, 6.45) is 0.